The van der Waals surface area contributed by atoms with Gasteiger partial charge in [-0.05, 0) is 54.8 Å². The Balaban J connectivity index is 1.81. The summed E-state index contributed by atoms with van der Waals surface area (Å²) in [6, 6.07) is 15.0. The first-order chi connectivity index (χ1) is 18.6. The number of nitrogens with zero attached hydrogens (tertiary/aromatic N) is 3. The van der Waals surface area contributed by atoms with Crippen LogP contribution < -0.4 is 14.8 Å². The van der Waals surface area contributed by atoms with Crippen molar-refractivity contribution in [3.05, 3.63) is 71.1 Å². The zero-order chi connectivity index (χ0) is 28.0. The maximum absolute atomic E-state index is 13.5. The first kappa shape index (κ1) is 26.0. The van der Waals surface area contributed by atoms with Gasteiger partial charge in [-0.15, -0.1) is 0 Å². The summed E-state index contributed by atoms with van der Waals surface area (Å²) in [4.78, 5) is 40.9. The maximum atomic E-state index is 13.5. The number of likely N-dealkylation sites (tertiary alicyclic amines) is 1. The lowest BCUT2D eigenvalue weighted by Gasteiger charge is -2.23. The third kappa shape index (κ3) is 4.60. The Morgan fingerprint density at radius 2 is 1.74 bits per heavy atom. The number of aliphatic carboxylic acids is 1. The standard InChI is InChI=1S/C30H29N3O6/c1-31(2)18-8-11-21-25(15-18)39-26-16-19(32(3)4)9-12-22(26)27(21)23-14-17(7-10-20(23)29(35)36)28(34)33-13-5-6-24(33)30(37)38/h7-12,14-16,24H,5-6,13H2,1-4H3,(H-,35,36,37,38)/p+1. The monoisotopic (exact) mass is 528 g/mol. The minimum atomic E-state index is -1.13. The molecule has 1 fully saturated rings. The van der Waals surface area contributed by atoms with Gasteiger partial charge in [0.15, 0.2) is 0 Å². The Bertz CT molecular complexity index is 1680. The van der Waals surface area contributed by atoms with Gasteiger partial charge in [0, 0.05) is 60.5 Å². The average Bonchev–Trinajstić information content (AvgIpc) is 3.40. The first-order valence-electron chi connectivity index (χ1n) is 12.7. The van der Waals surface area contributed by atoms with E-state index < -0.39 is 23.9 Å². The summed E-state index contributed by atoms with van der Waals surface area (Å²) in [5.41, 5.74) is 3.44. The molecule has 2 aromatic carbocycles. The van der Waals surface area contributed by atoms with Crippen molar-refractivity contribution in [2.45, 2.75) is 18.9 Å². The highest BCUT2D eigenvalue weighted by Crippen LogP contribution is 2.42. The van der Waals surface area contributed by atoms with E-state index in [0.717, 1.165) is 11.0 Å². The molecular formula is C30H30N3O6+. The van der Waals surface area contributed by atoms with Crippen LogP contribution in [0.1, 0.15) is 33.6 Å². The molecule has 3 aliphatic rings. The number of carbonyl (C=O) groups is 3. The van der Waals surface area contributed by atoms with Crippen LogP contribution in [0, 0.1) is 0 Å². The summed E-state index contributed by atoms with van der Waals surface area (Å²) in [5, 5.41) is 21.4. The summed E-state index contributed by atoms with van der Waals surface area (Å²) >= 11 is 0. The van der Waals surface area contributed by atoms with Crippen molar-refractivity contribution in [1.29, 1.82) is 0 Å². The number of rotatable bonds is 5. The van der Waals surface area contributed by atoms with Crippen molar-refractivity contribution in [1.82, 2.24) is 9.48 Å². The van der Waals surface area contributed by atoms with Crippen molar-refractivity contribution in [2.75, 3.05) is 39.6 Å². The molecule has 5 rings (SSSR count). The number of carbonyl (C=O) groups excluding carboxylic acids is 1. The van der Waals surface area contributed by atoms with Crippen molar-refractivity contribution < 1.29 is 29.0 Å². The maximum Gasteiger partial charge on any atom is 0.336 e. The van der Waals surface area contributed by atoms with E-state index in [1.165, 1.54) is 17.0 Å². The van der Waals surface area contributed by atoms with E-state index in [9.17, 15) is 24.6 Å². The summed E-state index contributed by atoms with van der Waals surface area (Å²) in [6.07, 6.45) is 0.986. The van der Waals surface area contributed by atoms with Crippen molar-refractivity contribution in [3.8, 4) is 22.5 Å². The molecule has 1 unspecified atom stereocenters. The molecule has 9 heteroatoms. The minimum absolute atomic E-state index is 0.0323. The van der Waals surface area contributed by atoms with Gasteiger partial charge in [-0.1, -0.05) is 0 Å². The Kier molecular flexibility index (Phi) is 6.59. The lowest BCUT2D eigenvalue weighted by atomic mass is 9.89. The molecule has 0 aromatic heterocycles. The summed E-state index contributed by atoms with van der Waals surface area (Å²) in [5.74, 6) is -2.04. The number of carboxylic acids is 2. The van der Waals surface area contributed by atoms with Crippen LogP contribution in [0.2, 0.25) is 0 Å². The van der Waals surface area contributed by atoms with Crippen LogP contribution in [-0.2, 0) is 4.79 Å². The predicted molar refractivity (Wildman–Crippen MR) is 148 cm³/mol. The topological polar surface area (TPSA) is 114 Å². The van der Waals surface area contributed by atoms with Gasteiger partial charge in [0.2, 0.25) is 5.36 Å². The van der Waals surface area contributed by atoms with E-state index >= 15 is 0 Å². The number of carboxylic acid groups (broad SMARTS) is 2. The predicted octanol–water partition coefficient (Wildman–Crippen LogP) is 3.69. The molecule has 2 N–H and O–H groups in total. The van der Waals surface area contributed by atoms with Gasteiger partial charge in [0.05, 0.1) is 11.6 Å². The van der Waals surface area contributed by atoms with Crippen LogP contribution in [0.3, 0.4) is 0 Å². The zero-order valence-electron chi connectivity index (χ0n) is 22.3. The Labute approximate surface area is 225 Å². The van der Waals surface area contributed by atoms with Crippen LogP contribution >= 0.6 is 0 Å². The third-order valence-corrected chi connectivity index (χ3v) is 7.29. The fourth-order valence-electron chi connectivity index (χ4n) is 5.22. The molecule has 0 spiro atoms. The molecule has 1 saturated heterocycles. The van der Waals surface area contributed by atoms with Crippen LogP contribution in [0.4, 0.5) is 5.69 Å². The normalized spacial score (nSPS) is 15.1. The Morgan fingerprint density at radius 1 is 0.974 bits per heavy atom. The number of benzene rings is 3. The molecule has 0 bridgehead atoms. The summed E-state index contributed by atoms with van der Waals surface area (Å²) < 4.78 is 8.30. The number of aromatic carboxylic acids is 1. The highest BCUT2D eigenvalue weighted by Gasteiger charge is 2.35. The van der Waals surface area contributed by atoms with Gasteiger partial charge in [-0.3, -0.25) is 4.79 Å². The van der Waals surface area contributed by atoms with Gasteiger partial charge in [-0.2, -0.15) is 0 Å². The van der Waals surface area contributed by atoms with Gasteiger partial charge in [-0.25, -0.2) is 14.2 Å². The van der Waals surface area contributed by atoms with E-state index in [0.29, 0.717) is 52.8 Å². The number of anilines is 1. The molecule has 2 aliphatic heterocycles. The number of hydrogen-bond acceptors (Lipinski definition) is 5. The van der Waals surface area contributed by atoms with Gasteiger partial charge >= 0.3 is 11.9 Å². The van der Waals surface area contributed by atoms with E-state index in [2.05, 4.69) is 0 Å². The molecule has 2 aromatic rings. The molecule has 0 saturated carbocycles. The molecule has 1 aliphatic carbocycles. The second-order valence-corrected chi connectivity index (χ2v) is 10.2. The largest absolute Gasteiger partial charge is 0.480 e. The molecule has 0 radical (unpaired) electrons. The minimum Gasteiger partial charge on any atom is -0.480 e. The molecule has 2 heterocycles. The molecule has 200 valence electrons. The fraction of sp³-hybridized carbons (Fsp3) is 0.267. The van der Waals surface area contributed by atoms with Gasteiger partial charge < -0.3 is 24.4 Å². The highest BCUT2D eigenvalue weighted by atomic mass is 16.4. The van der Waals surface area contributed by atoms with Gasteiger partial charge in [0.1, 0.15) is 31.5 Å². The second-order valence-electron chi connectivity index (χ2n) is 10.2. The summed E-state index contributed by atoms with van der Waals surface area (Å²) in [6.45, 7) is 0.336. The SMILES string of the molecule is CN(C)c1ccc2c(-c3cc(C(=O)N4CCCC4C(=O)O)ccc3C(=O)O)c3ccc(=[N+](C)C)cc-3oc2c1. The lowest BCUT2D eigenvalue weighted by Crippen LogP contribution is -2.40. The van der Waals surface area contributed by atoms with Gasteiger partial charge in [0.25, 0.3) is 5.91 Å². The molecule has 39 heavy (non-hydrogen) atoms. The molecule has 1 amide bonds. The van der Waals surface area contributed by atoms with E-state index in [4.69, 9.17) is 4.42 Å². The fourth-order valence-corrected chi connectivity index (χ4v) is 5.22. The smallest absolute Gasteiger partial charge is 0.336 e. The summed E-state index contributed by atoms with van der Waals surface area (Å²) in [7, 11) is 7.70. The van der Waals surface area contributed by atoms with Crippen LogP contribution in [0.25, 0.3) is 33.4 Å². The van der Waals surface area contributed by atoms with Crippen LogP contribution in [-0.4, -0.2) is 73.7 Å². The van der Waals surface area contributed by atoms with Crippen molar-refractivity contribution in [3.63, 3.8) is 0 Å². The van der Waals surface area contributed by atoms with Crippen molar-refractivity contribution in [2.24, 2.45) is 0 Å². The third-order valence-electron chi connectivity index (χ3n) is 7.29. The lowest BCUT2D eigenvalue weighted by molar-refractivity contribution is -0.141. The number of amides is 1. The van der Waals surface area contributed by atoms with E-state index in [1.54, 1.807) is 6.07 Å². The van der Waals surface area contributed by atoms with Crippen molar-refractivity contribution >= 4 is 34.5 Å². The molecule has 9 nitrogen and oxygen atoms in total. The number of hydrogen-bond donors (Lipinski definition) is 2. The van der Waals surface area contributed by atoms with Crippen LogP contribution in [0.5, 0.6) is 0 Å². The second kappa shape index (κ2) is 9.90. The number of fused-ring (bicyclic) bond motifs is 2. The Hall–Kier alpha value is -4.66. The first-order valence-corrected chi connectivity index (χ1v) is 12.7. The molecule has 1 atom stereocenters. The average molecular weight is 529 g/mol. The zero-order valence-corrected chi connectivity index (χ0v) is 22.3. The quantitative estimate of drug-likeness (QED) is 0.300. The van der Waals surface area contributed by atoms with E-state index in [-0.39, 0.29) is 11.1 Å². The highest BCUT2D eigenvalue weighted by molar-refractivity contribution is 6.09. The van der Waals surface area contributed by atoms with E-state index in [1.807, 2.05) is 74.1 Å². The Morgan fingerprint density at radius 3 is 2.41 bits per heavy atom. The molecular weight excluding hydrogens is 498 g/mol. The van der Waals surface area contributed by atoms with Crippen LogP contribution in [0.15, 0.2) is 59.0 Å².